The number of anilines is 4. The van der Waals surface area contributed by atoms with Crippen LogP contribution < -0.4 is 21.3 Å². The second kappa shape index (κ2) is 9.89. The second-order valence-corrected chi connectivity index (χ2v) is 9.23. The van der Waals surface area contributed by atoms with Gasteiger partial charge in [-0.3, -0.25) is 4.79 Å². The third-order valence-corrected chi connectivity index (χ3v) is 6.15. The van der Waals surface area contributed by atoms with Crippen LogP contribution in [0.5, 0.6) is 0 Å². The lowest BCUT2D eigenvalue weighted by Crippen LogP contribution is -2.43. The number of nitrogens with zero attached hydrogens (tertiary/aromatic N) is 2. The normalized spacial score (nSPS) is 15.1. The Morgan fingerprint density at radius 1 is 0.949 bits per heavy atom. The van der Waals surface area contributed by atoms with Gasteiger partial charge in [-0.25, -0.2) is 23.3 Å². The van der Waals surface area contributed by atoms with E-state index in [-0.39, 0.29) is 17.8 Å². The van der Waals surface area contributed by atoms with Gasteiger partial charge < -0.3 is 21.3 Å². The third kappa shape index (κ3) is 5.47. The molecule has 1 saturated heterocycles. The first kappa shape index (κ1) is 27.4. The maximum absolute atomic E-state index is 14.1. The molecule has 13 heteroatoms. The zero-order valence-corrected chi connectivity index (χ0v) is 20.6. The maximum atomic E-state index is 14.1. The fourth-order valence-electron chi connectivity index (χ4n) is 4.02. The summed E-state index contributed by atoms with van der Waals surface area (Å²) in [5.74, 6) is -3.11. The van der Waals surface area contributed by atoms with Gasteiger partial charge in [0.25, 0.3) is 5.91 Å². The van der Waals surface area contributed by atoms with E-state index in [1.165, 1.54) is 19.9 Å². The van der Waals surface area contributed by atoms with Crippen LogP contribution in [0.15, 0.2) is 60.7 Å². The molecule has 1 aliphatic rings. The Hall–Kier alpha value is -4.68. The first-order valence-electron chi connectivity index (χ1n) is 11.4. The Kier molecular flexibility index (Phi) is 6.94. The zero-order chi connectivity index (χ0) is 28.7. The van der Waals surface area contributed by atoms with Crippen LogP contribution >= 0.6 is 0 Å². The number of rotatable bonds is 5. The molecule has 1 fully saturated rings. The predicted octanol–water partition coefficient (Wildman–Crippen LogP) is 5.96. The van der Waals surface area contributed by atoms with Crippen LogP contribution in [0.1, 0.15) is 25.0 Å². The van der Waals surface area contributed by atoms with E-state index in [0.29, 0.717) is 28.4 Å². The molecular formula is C26H22F5N5O3. The summed E-state index contributed by atoms with van der Waals surface area (Å²) in [5.41, 5.74) is 3.06. The molecule has 0 atom stereocenters. The molecule has 3 aromatic carbocycles. The van der Waals surface area contributed by atoms with Gasteiger partial charge in [0, 0.05) is 11.4 Å². The molecule has 0 aliphatic carbocycles. The van der Waals surface area contributed by atoms with Gasteiger partial charge in [0.15, 0.2) is 0 Å². The summed E-state index contributed by atoms with van der Waals surface area (Å²) in [6.45, 7) is 2.44. The minimum Gasteiger partial charge on any atom is -0.399 e. The van der Waals surface area contributed by atoms with Crippen molar-refractivity contribution in [3.8, 4) is 0 Å². The van der Waals surface area contributed by atoms with E-state index in [1.807, 2.05) is 0 Å². The molecule has 0 radical (unpaired) electrons. The Morgan fingerprint density at radius 3 is 2.26 bits per heavy atom. The number of amides is 5. The Balaban J connectivity index is 1.61. The second-order valence-electron chi connectivity index (χ2n) is 9.23. The summed E-state index contributed by atoms with van der Waals surface area (Å²) >= 11 is 0. The van der Waals surface area contributed by atoms with Crippen molar-refractivity contribution in [2.24, 2.45) is 0 Å². The molecule has 3 aromatic rings. The van der Waals surface area contributed by atoms with E-state index < -0.39 is 52.6 Å². The number of nitrogen functional groups attached to an aromatic ring is 1. The third-order valence-electron chi connectivity index (χ3n) is 6.15. The molecule has 39 heavy (non-hydrogen) atoms. The fourth-order valence-corrected chi connectivity index (χ4v) is 4.02. The number of carbonyl (C=O) groups excluding carboxylic acids is 3. The number of nitrogens with two attached hydrogens (primary N) is 1. The molecule has 0 bridgehead atoms. The van der Waals surface area contributed by atoms with Gasteiger partial charge >= 0.3 is 18.2 Å². The minimum absolute atomic E-state index is 0.0152. The maximum Gasteiger partial charge on any atom is 0.419 e. The van der Waals surface area contributed by atoms with Crippen molar-refractivity contribution in [1.29, 1.82) is 0 Å². The summed E-state index contributed by atoms with van der Waals surface area (Å²) in [6, 6.07) is 9.71. The van der Waals surface area contributed by atoms with E-state index in [4.69, 9.17) is 5.73 Å². The number of nitrogens with one attached hydrogen (secondary N) is 2. The Labute approximate surface area is 219 Å². The van der Waals surface area contributed by atoms with Crippen molar-refractivity contribution in [2.45, 2.75) is 32.1 Å². The molecule has 0 aromatic heterocycles. The topological polar surface area (TPSA) is 108 Å². The number of hydrogen-bond donors (Lipinski definition) is 3. The highest BCUT2D eigenvalue weighted by Crippen LogP contribution is 2.38. The van der Waals surface area contributed by atoms with Crippen LogP contribution in [0.2, 0.25) is 0 Å². The molecule has 5 amide bonds. The van der Waals surface area contributed by atoms with Crippen molar-refractivity contribution >= 4 is 40.7 Å². The van der Waals surface area contributed by atoms with Crippen molar-refractivity contribution in [1.82, 2.24) is 4.90 Å². The number of alkyl halides is 3. The largest absolute Gasteiger partial charge is 0.419 e. The quantitative estimate of drug-likeness (QED) is 0.208. The number of imide groups is 1. The lowest BCUT2D eigenvalue weighted by molar-refractivity contribution is -0.140. The molecule has 4 N–H and O–H groups in total. The monoisotopic (exact) mass is 547 g/mol. The lowest BCUT2D eigenvalue weighted by atomic mass is 10.0. The van der Waals surface area contributed by atoms with Gasteiger partial charge in [0.2, 0.25) is 0 Å². The van der Waals surface area contributed by atoms with Crippen LogP contribution in [0.4, 0.5) is 54.3 Å². The molecule has 1 aliphatic heterocycles. The van der Waals surface area contributed by atoms with Gasteiger partial charge in [-0.15, -0.1) is 0 Å². The van der Waals surface area contributed by atoms with E-state index >= 15 is 0 Å². The lowest BCUT2D eigenvalue weighted by Gasteiger charge is -2.28. The van der Waals surface area contributed by atoms with Crippen molar-refractivity contribution in [3.05, 3.63) is 83.4 Å². The van der Waals surface area contributed by atoms with Crippen molar-refractivity contribution in [3.63, 3.8) is 0 Å². The number of benzene rings is 3. The molecule has 4 rings (SSSR count). The highest BCUT2D eigenvalue weighted by Gasteiger charge is 2.52. The molecular weight excluding hydrogens is 525 g/mol. The van der Waals surface area contributed by atoms with Gasteiger partial charge in [-0.1, -0.05) is 6.07 Å². The molecule has 8 nitrogen and oxygen atoms in total. The van der Waals surface area contributed by atoms with E-state index in [9.17, 15) is 36.3 Å². The summed E-state index contributed by atoms with van der Waals surface area (Å²) in [5, 5.41) is 5.04. The van der Waals surface area contributed by atoms with Gasteiger partial charge in [-0.2, -0.15) is 13.2 Å². The average molecular weight is 547 g/mol. The Bertz CT molecular complexity index is 1460. The SMILES string of the molecule is CC1(C)C(=O)N(c2ccc(F)c(C(F)(F)F)c2)C(=O)N1Cc1ccc(F)cc1NC(=O)Nc1ccc(N)cc1. The predicted molar refractivity (Wildman–Crippen MR) is 134 cm³/mol. The number of halogens is 5. The van der Waals surface area contributed by atoms with Crippen molar-refractivity contribution in [2.75, 3.05) is 21.3 Å². The highest BCUT2D eigenvalue weighted by atomic mass is 19.4. The number of hydrogen-bond acceptors (Lipinski definition) is 4. The Morgan fingerprint density at radius 2 is 1.62 bits per heavy atom. The molecule has 1 heterocycles. The van der Waals surface area contributed by atoms with Crippen molar-refractivity contribution < 1.29 is 36.3 Å². The molecule has 0 saturated carbocycles. The summed E-state index contributed by atoms with van der Waals surface area (Å²) in [7, 11) is 0. The summed E-state index contributed by atoms with van der Waals surface area (Å²) < 4.78 is 67.6. The van der Waals surface area contributed by atoms with Crippen LogP contribution in [-0.2, 0) is 17.5 Å². The van der Waals surface area contributed by atoms with Crippen LogP contribution in [0.3, 0.4) is 0 Å². The van der Waals surface area contributed by atoms with Gasteiger partial charge in [0.1, 0.15) is 17.2 Å². The zero-order valence-electron chi connectivity index (χ0n) is 20.6. The fraction of sp³-hybridized carbons (Fsp3) is 0.192. The van der Waals surface area contributed by atoms with E-state index in [2.05, 4.69) is 10.6 Å². The smallest absolute Gasteiger partial charge is 0.399 e. The highest BCUT2D eigenvalue weighted by molar-refractivity contribution is 6.23. The van der Waals surface area contributed by atoms with Crippen LogP contribution in [0, 0.1) is 11.6 Å². The average Bonchev–Trinajstić information content (AvgIpc) is 3.01. The van der Waals surface area contributed by atoms with Gasteiger partial charge in [-0.05, 0) is 74.0 Å². The summed E-state index contributed by atoms with van der Waals surface area (Å²) in [6.07, 6.45) is -5.05. The first-order valence-corrected chi connectivity index (χ1v) is 11.4. The number of urea groups is 2. The molecule has 204 valence electrons. The first-order chi connectivity index (χ1) is 18.2. The van der Waals surface area contributed by atoms with Crippen LogP contribution in [-0.4, -0.2) is 28.4 Å². The van der Waals surface area contributed by atoms with Crippen LogP contribution in [0.25, 0.3) is 0 Å². The minimum atomic E-state index is -5.05. The number of carbonyl (C=O) groups is 3. The van der Waals surface area contributed by atoms with E-state index in [1.54, 1.807) is 24.3 Å². The van der Waals surface area contributed by atoms with Gasteiger partial charge in [0.05, 0.1) is 23.5 Å². The molecule has 0 unspecified atom stereocenters. The van der Waals surface area contributed by atoms with E-state index in [0.717, 1.165) is 23.1 Å². The molecule has 0 spiro atoms. The standard InChI is InChI=1S/C26H22F5N5O3/c1-25(2)22(37)36(18-9-10-20(28)19(12-18)26(29,30)31)24(39)35(25)13-14-3-4-15(27)11-21(14)34-23(38)33-17-7-5-16(32)6-8-17/h3-12H,13,32H2,1-2H3,(H2,33,34,38). The summed E-state index contributed by atoms with van der Waals surface area (Å²) in [4.78, 5) is 40.6.